The highest BCUT2D eigenvalue weighted by molar-refractivity contribution is 5.79. The molecule has 0 aromatic carbocycles. The molecule has 0 saturated carbocycles. The standard InChI is InChI=1S/C5H13N3O/c1-3(2)4(8-7)5(6)9/h3-4,8H,7H2,1-2H3,(H2,6,9). The second-order valence-corrected chi connectivity index (χ2v) is 2.29. The Balaban J connectivity index is 3.83. The summed E-state index contributed by atoms with van der Waals surface area (Å²) in [5.74, 6) is 4.76. The van der Waals surface area contributed by atoms with Crippen molar-refractivity contribution in [3.05, 3.63) is 0 Å². The molecule has 0 heterocycles. The minimum absolute atomic E-state index is 0.146. The predicted octanol–water partition coefficient (Wildman–Crippen LogP) is -1.04. The van der Waals surface area contributed by atoms with E-state index in [0.717, 1.165) is 0 Å². The second-order valence-electron chi connectivity index (χ2n) is 2.29. The number of primary amides is 1. The third kappa shape index (κ3) is 2.43. The molecule has 4 nitrogen and oxygen atoms in total. The first-order valence-corrected chi connectivity index (χ1v) is 2.85. The fourth-order valence-electron chi connectivity index (χ4n) is 0.603. The van der Waals surface area contributed by atoms with Gasteiger partial charge in [-0.1, -0.05) is 13.8 Å². The van der Waals surface area contributed by atoms with E-state index in [1.165, 1.54) is 0 Å². The van der Waals surface area contributed by atoms with Gasteiger partial charge in [0, 0.05) is 0 Å². The molecule has 0 bridgehead atoms. The molecule has 5 N–H and O–H groups in total. The number of hydrazine groups is 1. The van der Waals surface area contributed by atoms with Gasteiger partial charge in [0.05, 0.1) is 0 Å². The first-order chi connectivity index (χ1) is 4.09. The van der Waals surface area contributed by atoms with Crippen LogP contribution < -0.4 is 17.0 Å². The lowest BCUT2D eigenvalue weighted by Crippen LogP contribution is -2.48. The SMILES string of the molecule is CC(C)C(NN)C(N)=O. The summed E-state index contributed by atoms with van der Waals surface area (Å²) in [6, 6.07) is -0.412. The van der Waals surface area contributed by atoms with Crippen molar-refractivity contribution in [3.63, 3.8) is 0 Å². The molecule has 0 aromatic heterocycles. The Labute approximate surface area is 54.6 Å². The Hall–Kier alpha value is -0.610. The lowest BCUT2D eigenvalue weighted by Gasteiger charge is -2.14. The highest BCUT2D eigenvalue weighted by Gasteiger charge is 2.16. The van der Waals surface area contributed by atoms with Crippen LogP contribution in [0.4, 0.5) is 0 Å². The molecule has 1 unspecified atom stereocenters. The average Bonchev–Trinajstić information content (AvgIpc) is 1.64. The Bertz CT molecular complexity index is 102. The van der Waals surface area contributed by atoms with Crippen molar-refractivity contribution in [2.75, 3.05) is 0 Å². The Kier molecular flexibility index (Phi) is 3.19. The van der Waals surface area contributed by atoms with E-state index in [2.05, 4.69) is 5.43 Å². The monoisotopic (exact) mass is 131 g/mol. The second kappa shape index (κ2) is 3.42. The maximum atomic E-state index is 10.5. The normalized spacial score (nSPS) is 13.8. The Morgan fingerprint density at radius 2 is 2.00 bits per heavy atom. The van der Waals surface area contributed by atoms with Gasteiger partial charge >= 0.3 is 0 Å². The van der Waals surface area contributed by atoms with Crippen LogP contribution in [-0.2, 0) is 4.79 Å². The van der Waals surface area contributed by atoms with Crippen molar-refractivity contribution in [1.29, 1.82) is 0 Å². The van der Waals surface area contributed by atoms with Crippen molar-refractivity contribution >= 4 is 5.91 Å². The maximum Gasteiger partial charge on any atom is 0.236 e. The average molecular weight is 131 g/mol. The largest absolute Gasteiger partial charge is 0.368 e. The molecule has 0 aliphatic rings. The molecule has 0 aliphatic heterocycles. The number of carbonyl (C=O) groups excluding carboxylic acids is 1. The molecule has 0 radical (unpaired) electrons. The fourth-order valence-corrected chi connectivity index (χ4v) is 0.603. The summed E-state index contributed by atoms with van der Waals surface area (Å²) in [6.45, 7) is 3.74. The van der Waals surface area contributed by atoms with Gasteiger partial charge in [-0.2, -0.15) is 0 Å². The van der Waals surface area contributed by atoms with E-state index >= 15 is 0 Å². The maximum absolute atomic E-state index is 10.5. The lowest BCUT2D eigenvalue weighted by molar-refractivity contribution is -0.121. The van der Waals surface area contributed by atoms with Crippen molar-refractivity contribution in [2.24, 2.45) is 17.5 Å². The van der Waals surface area contributed by atoms with Gasteiger partial charge in [-0.15, -0.1) is 0 Å². The summed E-state index contributed by atoms with van der Waals surface area (Å²) in [4.78, 5) is 10.5. The van der Waals surface area contributed by atoms with Crippen LogP contribution in [0.15, 0.2) is 0 Å². The lowest BCUT2D eigenvalue weighted by atomic mass is 10.1. The van der Waals surface area contributed by atoms with Crippen LogP contribution in [-0.4, -0.2) is 11.9 Å². The van der Waals surface area contributed by atoms with Gasteiger partial charge in [-0.25, -0.2) is 5.43 Å². The van der Waals surface area contributed by atoms with Crippen molar-refractivity contribution in [1.82, 2.24) is 5.43 Å². The van der Waals surface area contributed by atoms with Gasteiger partial charge in [0.15, 0.2) is 0 Å². The first-order valence-electron chi connectivity index (χ1n) is 2.85. The number of carbonyl (C=O) groups is 1. The number of nitrogens with two attached hydrogens (primary N) is 2. The molecular formula is C5H13N3O. The smallest absolute Gasteiger partial charge is 0.236 e. The molecule has 0 spiro atoms. The van der Waals surface area contributed by atoms with Crippen molar-refractivity contribution in [2.45, 2.75) is 19.9 Å². The zero-order valence-electron chi connectivity index (χ0n) is 5.72. The molecule has 0 aliphatic carbocycles. The van der Waals surface area contributed by atoms with E-state index in [-0.39, 0.29) is 5.92 Å². The minimum atomic E-state index is -0.412. The van der Waals surface area contributed by atoms with E-state index in [9.17, 15) is 4.79 Å². The first kappa shape index (κ1) is 8.39. The Morgan fingerprint density at radius 3 is 2.00 bits per heavy atom. The topological polar surface area (TPSA) is 81.1 Å². The molecule has 1 atom stereocenters. The number of rotatable bonds is 3. The zero-order valence-corrected chi connectivity index (χ0v) is 5.72. The van der Waals surface area contributed by atoms with Gasteiger partial charge in [0.25, 0.3) is 0 Å². The quantitative estimate of drug-likeness (QED) is 0.338. The summed E-state index contributed by atoms with van der Waals surface area (Å²) in [7, 11) is 0. The molecule has 0 aromatic rings. The number of hydrogen-bond acceptors (Lipinski definition) is 3. The van der Waals surface area contributed by atoms with E-state index in [0.29, 0.717) is 0 Å². The fraction of sp³-hybridized carbons (Fsp3) is 0.800. The highest BCUT2D eigenvalue weighted by Crippen LogP contribution is 1.97. The molecule has 0 rings (SSSR count). The van der Waals surface area contributed by atoms with Crippen molar-refractivity contribution < 1.29 is 4.79 Å². The van der Waals surface area contributed by atoms with E-state index in [4.69, 9.17) is 11.6 Å². The minimum Gasteiger partial charge on any atom is -0.368 e. The van der Waals surface area contributed by atoms with Crippen molar-refractivity contribution in [3.8, 4) is 0 Å². The van der Waals surface area contributed by atoms with Gasteiger partial charge in [0.1, 0.15) is 6.04 Å². The summed E-state index contributed by atoms with van der Waals surface area (Å²) in [5.41, 5.74) is 7.29. The van der Waals surface area contributed by atoms with Gasteiger partial charge in [-0.3, -0.25) is 10.6 Å². The Morgan fingerprint density at radius 1 is 1.56 bits per heavy atom. The van der Waals surface area contributed by atoms with Crippen LogP contribution in [0, 0.1) is 5.92 Å². The van der Waals surface area contributed by atoms with Crippen LogP contribution in [0.1, 0.15) is 13.8 Å². The molecule has 4 heteroatoms. The van der Waals surface area contributed by atoms with Gasteiger partial charge in [-0.05, 0) is 5.92 Å². The number of amides is 1. The third-order valence-corrected chi connectivity index (χ3v) is 1.15. The summed E-state index contributed by atoms with van der Waals surface area (Å²) in [6.07, 6.45) is 0. The third-order valence-electron chi connectivity index (χ3n) is 1.15. The van der Waals surface area contributed by atoms with E-state index < -0.39 is 11.9 Å². The molecule has 1 amide bonds. The van der Waals surface area contributed by atoms with E-state index in [1.54, 1.807) is 0 Å². The van der Waals surface area contributed by atoms with Crippen LogP contribution in [0.5, 0.6) is 0 Å². The number of nitrogens with one attached hydrogen (secondary N) is 1. The zero-order chi connectivity index (χ0) is 7.44. The van der Waals surface area contributed by atoms with Crippen LogP contribution in [0.3, 0.4) is 0 Å². The van der Waals surface area contributed by atoms with Crippen LogP contribution in [0.25, 0.3) is 0 Å². The van der Waals surface area contributed by atoms with Gasteiger partial charge < -0.3 is 5.73 Å². The summed E-state index contributed by atoms with van der Waals surface area (Å²) >= 11 is 0. The van der Waals surface area contributed by atoms with E-state index in [1.807, 2.05) is 13.8 Å². The molecule has 0 fully saturated rings. The number of hydrogen-bond donors (Lipinski definition) is 3. The van der Waals surface area contributed by atoms with Crippen LogP contribution >= 0.6 is 0 Å². The molecule has 0 saturated heterocycles. The highest BCUT2D eigenvalue weighted by atomic mass is 16.1. The predicted molar refractivity (Wildman–Crippen MR) is 35.1 cm³/mol. The molecular weight excluding hydrogens is 118 g/mol. The van der Waals surface area contributed by atoms with Gasteiger partial charge in [0.2, 0.25) is 5.91 Å². The molecule has 9 heavy (non-hydrogen) atoms. The summed E-state index contributed by atoms with van der Waals surface area (Å²) < 4.78 is 0. The molecule has 54 valence electrons. The summed E-state index contributed by atoms with van der Waals surface area (Å²) in [5, 5.41) is 0. The van der Waals surface area contributed by atoms with Crippen LogP contribution in [0.2, 0.25) is 0 Å².